The summed E-state index contributed by atoms with van der Waals surface area (Å²) in [6.45, 7) is 1.77. The molecule has 0 aromatic carbocycles. The van der Waals surface area contributed by atoms with E-state index in [0.717, 1.165) is 0 Å². The molecule has 1 fully saturated rings. The first kappa shape index (κ1) is 14.9. The van der Waals surface area contributed by atoms with Gasteiger partial charge in [-0.3, -0.25) is 10.1 Å². The van der Waals surface area contributed by atoms with Crippen molar-refractivity contribution < 1.29 is 13.3 Å². The molecular weight excluding hydrogens is 308 g/mol. The zero-order chi connectivity index (χ0) is 14.9. The molecule has 1 aliphatic heterocycles. The van der Waals surface area contributed by atoms with Crippen LogP contribution in [-0.2, 0) is 9.84 Å². The van der Waals surface area contributed by atoms with Crippen LogP contribution in [-0.4, -0.2) is 41.4 Å². The Morgan fingerprint density at radius 2 is 2.20 bits per heavy atom. The number of hydrogen-bond donors (Lipinski definition) is 1. The SMILES string of the molecule is Cc1nc(Cl)nc(NCC2CCS(=O)(=O)C2)c1[N+](=O)[O-]. The number of sulfone groups is 1. The second kappa shape index (κ2) is 5.49. The Kier molecular flexibility index (Phi) is 4.09. The van der Waals surface area contributed by atoms with Crippen molar-refractivity contribution in [3.8, 4) is 0 Å². The Hall–Kier alpha value is -1.48. The molecule has 10 heteroatoms. The summed E-state index contributed by atoms with van der Waals surface area (Å²) in [6, 6.07) is 0. The average Bonchev–Trinajstić information content (AvgIpc) is 2.64. The molecule has 1 saturated heterocycles. The van der Waals surface area contributed by atoms with Gasteiger partial charge in [-0.25, -0.2) is 13.4 Å². The van der Waals surface area contributed by atoms with Gasteiger partial charge in [0.25, 0.3) is 0 Å². The molecular formula is C10H13ClN4O4S. The molecule has 2 rings (SSSR count). The van der Waals surface area contributed by atoms with Crippen molar-refractivity contribution in [3.63, 3.8) is 0 Å². The first-order valence-corrected chi connectivity index (χ1v) is 8.11. The summed E-state index contributed by atoms with van der Waals surface area (Å²) in [7, 11) is -2.98. The van der Waals surface area contributed by atoms with Gasteiger partial charge in [0.2, 0.25) is 11.1 Å². The second-order valence-corrected chi connectivity index (χ2v) is 7.25. The molecule has 1 atom stereocenters. The minimum absolute atomic E-state index is 0.0248. The van der Waals surface area contributed by atoms with Gasteiger partial charge >= 0.3 is 5.69 Å². The first-order chi connectivity index (χ1) is 9.28. The van der Waals surface area contributed by atoms with E-state index < -0.39 is 14.8 Å². The normalized spacial score (nSPS) is 20.8. The number of hydrogen-bond acceptors (Lipinski definition) is 7. The van der Waals surface area contributed by atoms with E-state index in [-0.39, 0.29) is 39.9 Å². The van der Waals surface area contributed by atoms with E-state index >= 15 is 0 Å². The number of aryl methyl sites for hydroxylation is 1. The van der Waals surface area contributed by atoms with Gasteiger partial charge in [0.05, 0.1) is 16.4 Å². The Labute approximate surface area is 120 Å². The first-order valence-electron chi connectivity index (χ1n) is 5.91. The van der Waals surface area contributed by atoms with Gasteiger partial charge in [0.1, 0.15) is 5.69 Å². The minimum atomic E-state index is -2.98. The lowest BCUT2D eigenvalue weighted by Gasteiger charge is -2.11. The molecule has 20 heavy (non-hydrogen) atoms. The van der Waals surface area contributed by atoms with Crippen LogP contribution in [0, 0.1) is 23.0 Å². The Morgan fingerprint density at radius 1 is 1.50 bits per heavy atom. The largest absolute Gasteiger partial charge is 0.364 e. The van der Waals surface area contributed by atoms with Crippen molar-refractivity contribution in [3.05, 3.63) is 21.1 Å². The molecule has 0 aliphatic carbocycles. The predicted octanol–water partition coefficient (Wildman–Crippen LogP) is 1.19. The van der Waals surface area contributed by atoms with Crippen LogP contribution in [0.25, 0.3) is 0 Å². The number of rotatable bonds is 4. The van der Waals surface area contributed by atoms with Crippen LogP contribution in [0.4, 0.5) is 11.5 Å². The maximum atomic E-state index is 11.4. The summed E-state index contributed by atoms with van der Waals surface area (Å²) in [5.41, 5.74) is -0.0770. The summed E-state index contributed by atoms with van der Waals surface area (Å²) in [6.07, 6.45) is 0.543. The van der Waals surface area contributed by atoms with E-state index in [1.807, 2.05) is 0 Å². The summed E-state index contributed by atoms with van der Waals surface area (Å²) < 4.78 is 22.7. The molecule has 1 aromatic heterocycles. The fourth-order valence-electron chi connectivity index (χ4n) is 2.15. The van der Waals surface area contributed by atoms with Crippen molar-refractivity contribution in [2.75, 3.05) is 23.4 Å². The molecule has 1 aromatic rings. The van der Waals surface area contributed by atoms with Crippen molar-refractivity contribution in [1.29, 1.82) is 0 Å². The van der Waals surface area contributed by atoms with Crippen molar-refractivity contribution in [2.45, 2.75) is 13.3 Å². The van der Waals surface area contributed by atoms with Gasteiger partial charge in [-0.2, -0.15) is 4.98 Å². The topological polar surface area (TPSA) is 115 Å². The molecule has 1 aliphatic rings. The van der Waals surface area contributed by atoms with Crippen molar-refractivity contribution in [1.82, 2.24) is 9.97 Å². The third kappa shape index (κ3) is 3.34. The summed E-state index contributed by atoms with van der Waals surface area (Å²) >= 11 is 5.69. The van der Waals surface area contributed by atoms with Crippen molar-refractivity contribution in [2.24, 2.45) is 5.92 Å². The molecule has 1 unspecified atom stereocenters. The summed E-state index contributed by atoms with van der Waals surface area (Å²) in [5, 5.41) is 13.7. The standard InChI is InChI=1S/C10H13ClN4O4S/c1-6-8(15(16)17)9(14-10(11)13-6)12-4-7-2-3-20(18,19)5-7/h7H,2-5H2,1H3,(H,12,13,14). The van der Waals surface area contributed by atoms with Crippen LogP contribution in [0.5, 0.6) is 0 Å². The van der Waals surface area contributed by atoms with Gasteiger partial charge in [-0.1, -0.05) is 0 Å². The second-order valence-electron chi connectivity index (χ2n) is 4.68. The van der Waals surface area contributed by atoms with Crippen molar-refractivity contribution >= 4 is 32.9 Å². The molecule has 8 nitrogen and oxygen atoms in total. The van der Waals surface area contributed by atoms with Crippen LogP contribution in [0.2, 0.25) is 5.28 Å². The van der Waals surface area contributed by atoms with E-state index in [4.69, 9.17) is 11.6 Å². The van der Waals surface area contributed by atoms with Gasteiger partial charge in [0, 0.05) is 6.54 Å². The van der Waals surface area contributed by atoms with E-state index in [1.54, 1.807) is 0 Å². The van der Waals surface area contributed by atoms with Crippen LogP contribution < -0.4 is 5.32 Å². The van der Waals surface area contributed by atoms with Gasteiger partial charge < -0.3 is 5.32 Å². The molecule has 0 saturated carbocycles. The zero-order valence-electron chi connectivity index (χ0n) is 10.7. The molecule has 0 bridgehead atoms. The Morgan fingerprint density at radius 3 is 2.75 bits per heavy atom. The van der Waals surface area contributed by atoms with Gasteiger partial charge in [-0.15, -0.1) is 0 Å². The van der Waals surface area contributed by atoms with Gasteiger partial charge in [0.15, 0.2) is 9.84 Å². The van der Waals surface area contributed by atoms with Crippen LogP contribution in [0.3, 0.4) is 0 Å². The smallest absolute Gasteiger partial charge is 0.332 e. The quantitative estimate of drug-likeness (QED) is 0.503. The molecule has 0 amide bonds. The predicted molar refractivity (Wildman–Crippen MR) is 73.7 cm³/mol. The lowest BCUT2D eigenvalue weighted by atomic mass is 10.1. The lowest BCUT2D eigenvalue weighted by molar-refractivity contribution is -0.385. The molecule has 2 heterocycles. The fourth-order valence-corrected chi connectivity index (χ4v) is 4.22. The average molecular weight is 321 g/mol. The van der Waals surface area contributed by atoms with Crippen LogP contribution in [0.1, 0.15) is 12.1 Å². The van der Waals surface area contributed by atoms with E-state index in [2.05, 4.69) is 15.3 Å². The number of aromatic nitrogens is 2. The van der Waals surface area contributed by atoms with E-state index in [0.29, 0.717) is 13.0 Å². The third-order valence-corrected chi connectivity index (χ3v) is 5.10. The molecule has 0 spiro atoms. The van der Waals surface area contributed by atoms with E-state index in [1.165, 1.54) is 6.92 Å². The number of anilines is 1. The van der Waals surface area contributed by atoms with E-state index in [9.17, 15) is 18.5 Å². The third-order valence-electron chi connectivity index (χ3n) is 3.10. The highest BCUT2D eigenvalue weighted by Crippen LogP contribution is 2.27. The highest BCUT2D eigenvalue weighted by molar-refractivity contribution is 7.91. The molecule has 110 valence electrons. The lowest BCUT2D eigenvalue weighted by Crippen LogP contribution is -2.17. The summed E-state index contributed by atoms with van der Waals surface area (Å²) in [5.74, 6) is 0.196. The monoisotopic (exact) mass is 320 g/mol. The minimum Gasteiger partial charge on any atom is -0.364 e. The van der Waals surface area contributed by atoms with Gasteiger partial charge in [-0.05, 0) is 30.9 Å². The highest BCUT2D eigenvalue weighted by Gasteiger charge is 2.29. The number of nitrogens with zero attached hydrogens (tertiary/aromatic N) is 3. The number of nitrogens with one attached hydrogen (secondary N) is 1. The Balaban J connectivity index is 2.15. The van der Waals surface area contributed by atoms with Crippen LogP contribution in [0.15, 0.2) is 0 Å². The number of nitro groups is 1. The molecule has 0 radical (unpaired) electrons. The number of halogens is 1. The van der Waals surface area contributed by atoms with Crippen LogP contribution >= 0.6 is 11.6 Å². The Bertz CT molecular complexity index is 649. The molecule has 1 N–H and O–H groups in total. The highest BCUT2D eigenvalue weighted by atomic mass is 35.5. The maximum absolute atomic E-state index is 11.4. The zero-order valence-corrected chi connectivity index (χ0v) is 12.2. The maximum Gasteiger partial charge on any atom is 0.332 e. The summed E-state index contributed by atoms with van der Waals surface area (Å²) in [4.78, 5) is 18.0. The fraction of sp³-hybridized carbons (Fsp3) is 0.600.